The quantitative estimate of drug-likeness (QED) is 0.795. The molecule has 2 atom stereocenters. The number of aliphatic hydroxyl groups is 1. The van der Waals surface area contributed by atoms with E-state index in [0.29, 0.717) is 0 Å². The van der Waals surface area contributed by atoms with Crippen LogP contribution in [-0.4, -0.2) is 38.2 Å². The summed E-state index contributed by atoms with van der Waals surface area (Å²) in [4.78, 5) is 10.8. The summed E-state index contributed by atoms with van der Waals surface area (Å²) < 4.78 is 37.1. The molecule has 8 heteroatoms. The molecule has 2 unspecified atom stereocenters. The monoisotopic (exact) mass is 237 g/mol. The van der Waals surface area contributed by atoms with Gasteiger partial charge in [-0.1, -0.05) is 5.21 Å². The molecule has 0 aliphatic carbocycles. The zero-order valence-electron chi connectivity index (χ0n) is 8.56. The average Bonchev–Trinajstić information content (AvgIpc) is 2.62. The molecule has 0 aliphatic rings. The molecule has 0 bridgehead atoms. The molecule has 1 rings (SSSR count). The average molecular weight is 237 g/mol. The second-order valence-corrected chi connectivity index (χ2v) is 3.39. The van der Waals surface area contributed by atoms with Crippen molar-refractivity contribution in [2.45, 2.75) is 32.2 Å². The number of halogens is 3. The minimum Gasteiger partial charge on any atom is -0.391 e. The van der Waals surface area contributed by atoms with Gasteiger partial charge in [0, 0.05) is 0 Å². The third-order valence-corrected chi connectivity index (χ3v) is 2.12. The van der Waals surface area contributed by atoms with Crippen molar-refractivity contribution in [1.29, 1.82) is 0 Å². The van der Waals surface area contributed by atoms with E-state index in [1.807, 2.05) is 0 Å². The summed E-state index contributed by atoms with van der Waals surface area (Å²) in [6, 6.07) is -0.553. The van der Waals surface area contributed by atoms with Crippen LogP contribution in [0.15, 0.2) is 6.20 Å². The van der Waals surface area contributed by atoms with E-state index in [1.165, 1.54) is 6.92 Å². The maximum Gasteiger partial charge on any atom is 0.456 e. The van der Waals surface area contributed by atoms with E-state index >= 15 is 0 Å². The molecule has 0 spiro atoms. The van der Waals surface area contributed by atoms with Crippen LogP contribution in [0.1, 0.15) is 30.4 Å². The molecule has 0 saturated heterocycles. The second-order valence-electron chi connectivity index (χ2n) is 3.39. The van der Waals surface area contributed by atoms with Gasteiger partial charge in [-0.3, -0.25) is 4.79 Å². The zero-order chi connectivity index (χ0) is 12.5. The van der Waals surface area contributed by atoms with Gasteiger partial charge in [0.2, 0.25) is 0 Å². The van der Waals surface area contributed by atoms with Gasteiger partial charge >= 0.3 is 6.18 Å². The fourth-order valence-electron chi connectivity index (χ4n) is 0.946. The van der Waals surface area contributed by atoms with Crippen LogP contribution < -0.4 is 0 Å². The summed E-state index contributed by atoms with van der Waals surface area (Å²) in [6.07, 6.45) is -4.90. The number of hydrogen-bond donors (Lipinski definition) is 1. The van der Waals surface area contributed by atoms with Gasteiger partial charge < -0.3 is 5.11 Å². The van der Waals surface area contributed by atoms with Crippen LogP contribution in [0.4, 0.5) is 13.2 Å². The first kappa shape index (κ1) is 12.6. The normalized spacial score (nSPS) is 15.9. The van der Waals surface area contributed by atoms with Gasteiger partial charge in [-0.2, -0.15) is 13.2 Å². The van der Waals surface area contributed by atoms with Crippen LogP contribution in [0.25, 0.3) is 0 Å². The number of aromatic nitrogens is 3. The first-order valence-corrected chi connectivity index (χ1v) is 4.45. The van der Waals surface area contributed by atoms with Crippen molar-refractivity contribution in [3.8, 4) is 0 Å². The Kier molecular flexibility index (Phi) is 3.32. The van der Waals surface area contributed by atoms with E-state index < -0.39 is 29.8 Å². The van der Waals surface area contributed by atoms with Crippen molar-refractivity contribution in [3.05, 3.63) is 11.9 Å². The molecule has 0 aliphatic heterocycles. The summed E-state index contributed by atoms with van der Waals surface area (Å²) in [5, 5.41) is 15.7. The molecule has 1 heterocycles. The Labute approximate surface area is 88.9 Å². The molecule has 0 aromatic carbocycles. The Hall–Kier alpha value is -1.44. The highest BCUT2D eigenvalue weighted by Crippen LogP contribution is 2.20. The predicted molar refractivity (Wildman–Crippen MR) is 46.8 cm³/mol. The number of Topliss-reactive ketones (excluding diaryl/α,β-unsaturated/α-hetero) is 1. The molecule has 5 nitrogen and oxygen atoms in total. The molecule has 90 valence electrons. The lowest BCUT2D eigenvalue weighted by atomic mass is 10.2. The van der Waals surface area contributed by atoms with Gasteiger partial charge in [-0.05, 0) is 13.8 Å². The third kappa shape index (κ3) is 2.57. The van der Waals surface area contributed by atoms with Gasteiger partial charge in [-0.15, -0.1) is 5.10 Å². The van der Waals surface area contributed by atoms with Crippen molar-refractivity contribution >= 4 is 5.78 Å². The van der Waals surface area contributed by atoms with E-state index in [1.54, 1.807) is 6.92 Å². The largest absolute Gasteiger partial charge is 0.456 e. The number of carbonyl (C=O) groups is 1. The van der Waals surface area contributed by atoms with Crippen molar-refractivity contribution < 1.29 is 23.1 Å². The van der Waals surface area contributed by atoms with Crippen molar-refractivity contribution in [1.82, 2.24) is 15.0 Å². The Morgan fingerprint density at radius 1 is 1.50 bits per heavy atom. The van der Waals surface area contributed by atoms with E-state index in [0.717, 1.165) is 10.9 Å². The van der Waals surface area contributed by atoms with E-state index in [9.17, 15) is 23.1 Å². The smallest absolute Gasteiger partial charge is 0.391 e. The lowest BCUT2D eigenvalue weighted by molar-refractivity contribution is -0.0888. The van der Waals surface area contributed by atoms with Crippen LogP contribution >= 0.6 is 0 Å². The molecule has 16 heavy (non-hydrogen) atoms. The molecular weight excluding hydrogens is 227 g/mol. The van der Waals surface area contributed by atoms with Gasteiger partial charge in [0.25, 0.3) is 5.78 Å². The number of nitrogens with zero attached hydrogens (tertiary/aromatic N) is 3. The first-order chi connectivity index (χ1) is 7.23. The van der Waals surface area contributed by atoms with Gasteiger partial charge in [-0.25, -0.2) is 4.68 Å². The second kappa shape index (κ2) is 4.20. The summed E-state index contributed by atoms with van der Waals surface area (Å²) in [5.74, 6) is -2.04. The lowest BCUT2D eigenvalue weighted by Gasteiger charge is -2.13. The van der Waals surface area contributed by atoms with Gasteiger partial charge in [0.15, 0.2) is 5.69 Å². The van der Waals surface area contributed by atoms with E-state index in [4.69, 9.17) is 0 Å². The molecule has 0 amide bonds. The molecule has 0 radical (unpaired) electrons. The summed E-state index contributed by atoms with van der Waals surface area (Å²) >= 11 is 0. The highest BCUT2D eigenvalue weighted by atomic mass is 19.4. The van der Waals surface area contributed by atoms with E-state index in [-0.39, 0.29) is 0 Å². The molecular formula is C8H10F3N3O2. The molecule has 0 saturated carbocycles. The topological polar surface area (TPSA) is 68.0 Å². The van der Waals surface area contributed by atoms with Gasteiger partial charge in [0.05, 0.1) is 18.3 Å². The summed E-state index contributed by atoms with van der Waals surface area (Å²) in [6.45, 7) is 3.00. The van der Waals surface area contributed by atoms with Crippen LogP contribution in [0.2, 0.25) is 0 Å². The number of aliphatic hydroxyl groups excluding tert-OH is 1. The number of hydrogen-bond acceptors (Lipinski definition) is 4. The number of carbonyl (C=O) groups excluding carboxylic acids is 1. The Balaban J connectivity index is 2.92. The molecule has 1 aromatic heterocycles. The number of ketones is 1. The van der Waals surface area contributed by atoms with Gasteiger partial charge in [0.1, 0.15) is 0 Å². The van der Waals surface area contributed by atoms with Crippen molar-refractivity contribution in [2.75, 3.05) is 0 Å². The third-order valence-electron chi connectivity index (χ3n) is 2.12. The standard InChI is InChI=1S/C8H10F3N3O2/c1-4(5(2)15)14-3-6(12-13-14)7(16)8(9,10)11/h3-5,15H,1-2H3. The van der Waals surface area contributed by atoms with E-state index in [2.05, 4.69) is 10.3 Å². The highest BCUT2D eigenvalue weighted by molar-refractivity contribution is 5.98. The zero-order valence-corrected chi connectivity index (χ0v) is 8.56. The van der Waals surface area contributed by atoms with Crippen LogP contribution in [0.3, 0.4) is 0 Å². The van der Waals surface area contributed by atoms with Crippen LogP contribution in [0, 0.1) is 0 Å². The number of rotatable bonds is 3. The summed E-state index contributed by atoms with van der Waals surface area (Å²) in [7, 11) is 0. The minimum absolute atomic E-state index is 0.553. The van der Waals surface area contributed by atoms with Crippen molar-refractivity contribution in [2.24, 2.45) is 0 Å². The van der Waals surface area contributed by atoms with Crippen LogP contribution in [0.5, 0.6) is 0 Å². The fraction of sp³-hybridized carbons (Fsp3) is 0.625. The SMILES string of the molecule is CC(O)C(C)n1cc(C(=O)C(F)(F)F)nn1. The number of alkyl halides is 3. The maximum atomic E-state index is 12.0. The molecule has 0 fully saturated rings. The first-order valence-electron chi connectivity index (χ1n) is 4.45. The van der Waals surface area contributed by atoms with Crippen molar-refractivity contribution in [3.63, 3.8) is 0 Å². The Morgan fingerprint density at radius 3 is 2.50 bits per heavy atom. The summed E-state index contributed by atoms with van der Waals surface area (Å²) in [5.41, 5.74) is -0.778. The predicted octanol–water partition coefficient (Wildman–Crippen LogP) is 0.965. The Morgan fingerprint density at radius 2 is 2.06 bits per heavy atom. The molecule has 1 aromatic rings. The minimum atomic E-state index is -4.96. The lowest BCUT2D eigenvalue weighted by Crippen LogP contribution is -2.23. The van der Waals surface area contributed by atoms with Crippen LogP contribution in [-0.2, 0) is 0 Å². The Bertz CT molecular complexity index is 386. The fourth-order valence-corrected chi connectivity index (χ4v) is 0.946. The maximum absolute atomic E-state index is 12.0. The highest BCUT2D eigenvalue weighted by Gasteiger charge is 2.41. The molecule has 1 N–H and O–H groups in total.